The Bertz CT molecular complexity index is 909. The number of aromatic carboxylic acids is 1. The van der Waals surface area contributed by atoms with E-state index in [9.17, 15) is 4.79 Å². The van der Waals surface area contributed by atoms with Crippen LogP contribution in [0.1, 0.15) is 23.3 Å². The molecule has 0 bridgehead atoms. The summed E-state index contributed by atoms with van der Waals surface area (Å²) in [6, 6.07) is 5.40. The lowest BCUT2D eigenvalue weighted by molar-refractivity contribution is 0.0690. The third kappa shape index (κ3) is 2.98. The molecule has 1 fully saturated rings. The number of piperidine rings is 1. The molecule has 0 saturated carbocycles. The zero-order valence-corrected chi connectivity index (χ0v) is 13.4. The molecule has 3 aromatic heterocycles. The van der Waals surface area contributed by atoms with Crippen LogP contribution in [0.5, 0.6) is 0 Å². The predicted molar refractivity (Wildman–Crippen MR) is 91.2 cm³/mol. The van der Waals surface area contributed by atoms with Crippen LogP contribution in [0, 0.1) is 0 Å². The molecule has 130 valence electrons. The van der Waals surface area contributed by atoms with E-state index in [-0.39, 0.29) is 11.7 Å². The number of fused-ring (bicyclic) bond motifs is 1. The van der Waals surface area contributed by atoms with E-state index in [0.29, 0.717) is 17.6 Å². The summed E-state index contributed by atoms with van der Waals surface area (Å²) in [7, 11) is 0. The quantitative estimate of drug-likeness (QED) is 0.547. The number of aromatic amines is 1. The number of aromatic nitrogens is 5. The van der Waals surface area contributed by atoms with Gasteiger partial charge < -0.3 is 21.1 Å². The number of hydrogen-bond donors (Lipinski definition) is 4. The van der Waals surface area contributed by atoms with Crippen molar-refractivity contribution >= 4 is 29.1 Å². The Morgan fingerprint density at radius 3 is 2.92 bits per heavy atom. The minimum absolute atomic E-state index is 0.00759. The van der Waals surface area contributed by atoms with Crippen molar-refractivity contribution in [2.75, 3.05) is 23.3 Å². The van der Waals surface area contributed by atoms with Crippen molar-refractivity contribution in [1.82, 2.24) is 24.8 Å². The van der Waals surface area contributed by atoms with Gasteiger partial charge in [0.25, 0.3) is 0 Å². The molecule has 1 saturated heterocycles. The molecule has 25 heavy (non-hydrogen) atoms. The first-order valence-electron chi connectivity index (χ1n) is 8.02. The van der Waals surface area contributed by atoms with Crippen molar-refractivity contribution < 1.29 is 9.90 Å². The molecular formula is C15H18N8O2. The number of rotatable bonds is 4. The van der Waals surface area contributed by atoms with Gasteiger partial charge in [-0.15, -0.1) is 5.10 Å². The summed E-state index contributed by atoms with van der Waals surface area (Å²) in [5, 5.41) is 23.0. The molecule has 1 aliphatic rings. The first kappa shape index (κ1) is 15.4. The Morgan fingerprint density at radius 2 is 2.20 bits per heavy atom. The van der Waals surface area contributed by atoms with Crippen molar-refractivity contribution in [3.05, 3.63) is 30.1 Å². The van der Waals surface area contributed by atoms with Gasteiger partial charge in [-0.3, -0.25) is 5.10 Å². The topological polar surface area (TPSA) is 137 Å². The van der Waals surface area contributed by atoms with E-state index in [2.05, 4.69) is 30.5 Å². The fourth-order valence-corrected chi connectivity index (χ4v) is 2.87. The van der Waals surface area contributed by atoms with Crippen LogP contribution < -0.4 is 16.0 Å². The summed E-state index contributed by atoms with van der Waals surface area (Å²) in [4.78, 5) is 17.7. The van der Waals surface area contributed by atoms with Crippen molar-refractivity contribution in [3.8, 4) is 0 Å². The van der Waals surface area contributed by atoms with Crippen LogP contribution in [0.4, 0.5) is 17.6 Å². The molecule has 10 nitrogen and oxygen atoms in total. The SMILES string of the molecule is NC1CCN(c2nc(Nc3cc(C(=O)O)[nH]n3)c3cccn3n2)CC1. The van der Waals surface area contributed by atoms with Crippen LogP contribution in [0.3, 0.4) is 0 Å². The fraction of sp³-hybridized carbons (Fsp3) is 0.333. The molecule has 0 aliphatic carbocycles. The molecule has 0 spiro atoms. The Balaban J connectivity index is 1.67. The second-order valence-corrected chi connectivity index (χ2v) is 6.02. The summed E-state index contributed by atoms with van der Waals surface area (Å²) >= 11 is 0. The molecule has 0 aromatic carbocycles. The highest BCUT2D eigenvalue weighted by Crippen LogP contribution is 2.23. The number of nitrogens with two attached hydrogens (primary N) is 1. The van der Waals surface area contributed by atoms with Gasteiger partial charge in [0, 0.05) is 31.4 Å². The van der Waals surface area contributed by atoms with Gasteiger partial charge in [-0.05, 0) is 25.0 Å². The van der Waals surface area contributed by atoms with Gasteiger partial charge in [-0.25, -0.2) is 9.31 Å². The van der Waals surface area contributed by atoms with Gasteiger partial charge in [0.1, 0.15) is 11.2 Å². The summed E-state index contributed by atoms with van der Waals surface area (Å²) in [6.45, 7) is 1.61. The van der Waals surface area contributed by atoms with E-state index in [4.69, 9.17) is 10.8 Å². The molecule has 0 radical (unpaired) electrons. The summed E-state index contributed by atoms with van der Waals surface area (Å²) in [5.41, 5.74) is 6.75. The van der Waals surface area contributed by atoms with Gasteiger partial charge in [0.05, 0.1) is 0 Å². The van der Waals surface area contributed by atoms with Crippen LogP contribution in [-0.4, -0.2) is 55.0 Å². The van der Waals surface area contributed by atoms with Crippen LogP contribution in [-0.2, 0) is 0 Å². The smallest absolute Gasteiger partial charge is 0.353 e. The third-order valence-corrected chi connectivity index (χ3v) is 4.26. The maximum Gasteiger partial charge on any atom is 0.353 e. The number of carboxylic acids is 1. The molecule has 0 unspecified atom stereocenters. The average Bonchev–Trinajstić information content (AvgIpc) is 3.24. The van der Waals surface area contributed by atoms with E-state index in [1.807, 2.05) is 18.3 Å². The molecule has 3 aromatic rings. The van der Waals surface area contributed by atoms with Crippen LogP contribution in [0.25, 0.3) is 5.52 Å². The van der Waals surface area contributed by atoms with Crippen molar-refractivity contribution in [2.45, 2.75) is 18.9 Å². The highest BCUT2D eigenvalue weighted by atomic mass is 16.4. The molecule has 1 aliphatic heterocycles. The lowest BCUT2D eigenvalue weighted by Gasteiger charge is -2.30. The maximum absolute atomic E-state index is 11.0. The second-order valence-electron chi connectivity index (χ2n) is 6.02. The monoisotopic (exact) mass is 342 g/mol. The second kappa shape index (κ2) is 6.06. The zero-order valence-electron chi connectivity index (χ0n) is 13.4. The van der Waals surface area contributed by atoms with Gasteiger partial charge in [-0.2, -0.15) is 10.1 Å². The molecule has 5 N–H and O–H groups in total. The lowest BCUT2D eigenvalue weighted by atomic mass is 10.1. The zero-order chi connectivity index (χ0) is 17.4. The highest BCUT2D eigenvalue weighted by molar-refractivity contribution is 5.86. The van der Waals surface area contributed by atoms with Gasteiger partial charge >= 0.3 is 5.97 Å². The Labute approximate surface area is 142 Å². The number of anilines is 3. The van der Waals surface area contributed by atoms with Crippen molar-refractivity contribution in [3.63, 3.8) is 0 Å². The largest absolute Gasteiger partial charge is 0.477 e. The highest BCUT2D eigenvalue weighted by Gasteiger charge is 2.20. The molecule has 10 heteroatoms. The summed E-state index contributed by atoms with van der Waals surface area (Å²) in [5.74, 6) is 0.479. The minimum Gasteiger partial charge on any atom is -0.477 e. The lowest BCUT2D eigenvalue weighted by Crippen LogP contribution is -2.40. The number of nitrogens with one attached hydrogen (secondary N) is 2. The Kier molecular flexibility index (Phi) is 3.73. The van der Waals surface area contributed by atoms with E-state index in [0.717, 1.165) is 31.4 Å². The number of carboxylic acid groups (broad SMARTS) is 1. The van der Waals surface area contributed by atoms with Gasteiger partial charge in [-0.1, -0.05) is 0 Å². The summed E-state index contributed by atoms with van der Waals surface area (Å²) < 4.78 is 1.74. The molecular weight excluding hydrogens is 324 g/mol. The van der Waals surface area contributed by atoms with Crippen LogP contribution in [0.2, 0.25) is 0 Å². The van der Waals surface area contributed by atoms with Crippen LogP contribution in [0.15, 0.2) is 24.4 Å². The third-order valence-electron chi connectivity index (χ3n) is 4.26. The number of carbonyl (C=O) groups is 1. The van der Waals surface area contributed by atoms with Gasteiger partial charge in [0.15, 0.2) is 11.6 Å². The van der Waals surface area contributed by atoms with E-state index < -0.39 is 5.97 Å². The fourth-order valence-electron chi connectivity index (χ4n) is 2.87. The Morgan fingerprint density at radius 1 is 1.40 bits per heavy atom. The van der Waals surface area contributed by atoms with Crippen molar-refractivity contribution in [1.29, 1.82) is 0 Å². The predicted octanol–water partition coefficient (Wildman–Crippen LogP) is 0.822. The molecule has 4 heterocycles. The van der Waals surface area contributed by atoms with Crippen molar-refractivity contribution in [2.24, 2.45) is 5.73 Å². The van der Waals surface area contributed by atoms with E-state index >= 15 is 0 Å². The number of H-pyrrole nitrogens is 1. The first-order valence-corrected chi connectivity index (χ1v) is 8.02. The van der Waals surface area contributed by atoms with Crippen LogP contribution >= 0.6 is 0 Å². The normalized spacial score (nSPS) is 15.6. The van der Waals surface area contributed by atoms with Gasteiger partial charge in [0.2, 0.25) is 5.95 Å². The molecule has 0 amide bonds. The first-order chi connectivity index (χ1) is 12.1. The van der Waals surface area contributed by atoms with E-state index in [1.54, 1.807) is 4.52 Å². The molecule has 4 rings (SSSR count). The average molecular weight is 342 g/mol. The minimum atomic E-state index is -1.07. The standard InChI is InChI=1S/C15H18N8O2/c16-9-3-6-22(7-4-9)15-18-13(11-2-1-5-23(11)21-15)17-12-8-10(14(24)25)19-20-12/h1-2,5,8-9H,3-4,6-7,16H2,(H,24,25)(H2,17,18,19,20,21). The Hall–Kier alpha value is -3.14. The number of nitrogens with zero attached hydrogens (tertiary/aromatic N) is 5. The van der Waals surface area contributed by atoms with E-state index in [1.165, 1.54) is 6.07 Å². The summed E-state index contributed by atoms with van der Waals surface area (Å²) in [6.07, 6.45) is 3.64. The number of hydrogen-bond acceptors (Lipinski definition) is 7. The molecule has 0 atom stereocenters. The maximum atomic E-state index is 11.0.